The standard InChI is InChI=1S/C21H28N2O7/c1-4-11-30-21(26)22-16-14-18(29-12-7-8-19(24)28-3)17(27-2)13-15(16)20(25)23-9-5-6-10-23/h4,13-14H,1,5-12H2,2-3H3,(H,22,26). The third kappa shape index (κ3) is 6.40. The van der Waals surface area contributed by atoms with Crippen LogP contribution >= 0.6 is 0 Å². The van der Waals surface area contributed by atoms with Gasteiger partial charge in [-0.2, -0.15) is 0 Å². The van der Waals surface area contributed by atoms with Crippen LogP contribution in [-0.4, -0.2) is 63.4 Å². The molecule has 0 saturated carbocycles. The molecule has 1 aromatic carbocycles. The van der Waals surface area contributed by atoms with Crippen LogP contribution in [0, 0.1) is 0 Å². The molecular weight excluding hydrogens is 392 g/mol. The van der Waals surface area contributed by atoms with Gasteiger partial charge in [-0.25, -0.2) is 4.79 Å². The zero-order valence-electron chi connectivity index (χ0n) is 17.4. The number of likely N-dealkylation sites (tertiary alicyclic amines) is 1. The quantitative estimate of drug-likeness (QED) is 0.352. The lowest BCUT2D eigenvalue weighted by atomic mass is 10.1. The van der Waals surface area contributed by atoms with Crippen LogP contribution in [0.25, 0.3) is 0 Å². The molecule has 2 amide bonds. The van der Waals surface area contributed by atoms with Crippen molar-refractivity contribution in [2.24, 2.45) is 0 Å². The zero-order chi connectivity index (χ0) is 21.9. The Kier molecular flexibility index (Phi) is 8.99. The second-order valence-corrected chi connectivity index (χ2v) is 6.59. The Bertz CT molecular complexity index is 773. The number of esters is 1. The summed E-state index contributed by atoms with van der Waals surface area (Å²) in [7, 11) is 2.79. The number of nitrogens with one attached hydrogen (secondary N) is 1. The largest absolute Gasteiger partial charge is 0.493 e. The monoisotopic (exact) mass is 420 g/mol. The van der Waals surface area contributed by atoms with Gasteiger partial charge in [0.25, 0.3) is 5.91 Å². The summed E-state index contributed by atoms with van der Waals surface area (Å²) in [5, 5.41) is 2.59. The Hall–Kier alpha value is -3.23. The number of anilines is 1. The molecule has 0 bridgehead atoms. The van der Waals surface area contributed by atoms with Crippen molar-refractivity contribution < 1.29 is 33.3 Å². The second kappa shape index (κ2) is 11.7. The molecule has 2 rings (SSSR count). The van der Waals surface area contributed by atoms with Gasteiger partial charge in [-0.1, -0.05) is 12.7 Å². The number of nitrogens with zero attached hydrogens (tertiary/aromatic N) is 1. The molecule has 0 aromatic heterocycles. The third-order valence-corrected chi connectivity index (χ3v) is 4.51. The van der Waals surface area contributed by atoms with Gasteiger partial charge in [0.1, 0.15) is 6.61 Å². The van der Waals surface area contributed by atoms with E-state index in [-0.39, 0.29) is 42.8 Å². The van der Waals surface area contributed by atoms with E-state index in [1.54, 1.807) is 11.0 Å². The lowest BCUT2D eigenvalue weighted by molar-refractivity contribution is -0.140. The van der Waals surface area contributed by atoms with Gasteiger partial charge >= 0.3 is 12.1 Å². The Balaban J connectivity index is 2.25. The predicted molar refractivity (Wildman–Crippen MR) is 110 cm³/mol. The summed E-state index contributed by atoms with van der Waals surface area (Å²) in [6.45, 7) is 5.08. The van der Waals surface area contributed by atoms with Crippen molar-refractivity contribution in [1.82, 2.24) is 4.90 Å². The maximum Gasteiger partial charge on any atom is 0.411 e. The molecule has 1 heterocycles. The number of hydrogen-bond acceptors (Lipinski definition) is 7. The maximum atomic E-state index is 13.0. The van der Waals surface area contributed by atoms with Crippen LogP contribution in [0.3, 0.4) is 0 Å². The first-order valence-corrected chi connectivity index (χ1v) is 9.75. The molecule has 1 aliphatic rings. The summed E-state index contributed by atoms with van der Waals surface area (Å²) in [4.78, 5) is 38.0. The summed E-state index contributed by atoms with van der Waals surface area (Å²) in [5.74, 6) is 0.145. The molecule has 1 aliphatic heterocycles. The van der Waals surface area contributed by atoms with E-state index in [1.807, 2.05) is 0 Å². The normalized spacial score (nSPS) is 12.8. The molecule has 9 heteroatoms. The SMILES string of the molecule is C=CCOC(=O)Nc1cc(OCCCC(=O)OC)c(OC)cc1C(=O)N1CCCC1. The molecule has 1 fully saturated rings. The van der Waals surface area contributed by atoms with Crippen molar-refractivity contribution in [3.05, 3.63) is 30.4 Å². The zero-order valence-corrected chi connectivity index (χ0v) is 17.4. The van der Waals surface area contributed by atoms with E-state index >= 15 is 0 Å². The minimum Gasteiger partial charge on any atom is -0.493 e. The highest BCUT2D eigenvalue weighted by Crippen LogP contribution is 2.35. The van der Waals surface area contributed by atoms with E-state index in [2.05, 4.69) is 16.6 Å². The average molecular weight is 420 g/mol. The first-order chi connectivity index (χ1) is 14.5. The first kappa shape index (κ1) is 23.1. The molecule has 0 radical (unpaired) electrons. The molecule has 0 unspecified atom stereocenters. The fraction of sp³-hybridized carbons (Fsp3) is 0.476. The van der Waals surface area contributed by atoms with Gasteiger partial charge < -0.3 is 23.8 Å². The molecule has 0 atom stereocenters. The first-order valence-electron chi connectivity index (χ1n) is 9.75. The van der Waals surface area contributed by atoms with Crippen molar-refractivity contribution in [3.63, 3.8) is 0 Å². The number of carbonyl (C=O) groups is 3. The molecule has 1 aromatic rings. The van der Waals surface area contributed by atoms with Gasteiger partial charge in [-0.15, -0.1) is 0 Å². The maximum absolute atomic E-state index is 13.0. The molecule has 1 saturated heterocycles. The topological polar surface area (TPSA) is 103 Å². The fourth-order valence-corrected chi connectivity index (χ4v) is 2.98. The van der Waals surface area contributed by atoms with Gasteiger partial charge in [0.05, 0.1) is 32.1 Å². The molecule has 0 aliphatic carbocycles. The van der Waals surface area contributed by atoms with Crippen LogP contribution < -0.4 is 14.8 Å². The third-order valence-electron chi connectivity index (χ3n) is 4.51. The number of methoxy groups -OCH3 is 2. The number of carbonyl (C=O) groups excluding carboxylic acids is 3. The van der Waals surface area contributed by atoms with Crippen LogP contribution in [0.1, 0.15) is 36.0 Å². The summed E-state index contributed by atoms with van der Waals surface area (Å²) < 4.78 is 20.7. The predicted octanol–water partition coefficient (Wildman–Crippen LogP) is 3.00. The number of rotatable bonds is 10. The molecule has 0 spiro atoms. The molecule has 30 heavy (non-hydrogen) atoms. The Morgan fingerprint density at radius 1 is 1.17 bits per heavy atom. The summed E-state index contributed by atoms with van der Waals surface area (Å²) in [5.41, 5.74) is 0.538. The van der Waals surface area contributed by atoms with Crippen molar-refractivity contribution in [2.45, 2.75) is 25.7 Å². The summed E-state index contributed by atoms with van der Waals surface area (Å²) in [6.07, 6.45) is 3.26. The Morgan fingerprint density at radius 3 is 2.53 bits per heavy atom. The highest BCUT2D eigenvalue weighted by atomic mass is 16.5. The van der Waals surface area contributed by atoms with Crippen LogP contribution in [0.15, 0.2) is 24.8 Å². The van der Waals surface area contributed by atoms with Crippen LogP contribution in [0.2, 0.25) is 0 Å². The van der Waals surface area contributed by atoms with E-state index in [0.717, 1.165) is 12.8 Å². The smallest absolute Gasteiger partial charge is 0.411 e. The minimum atomic E-state index is -0.716. The highest BCUT2D eigenvalue weighted by molar-refractivity contribution is 6.03. The lowest BCUT2D eigenvalue weighted by Gasteiger charge is -2.20. The second-order valence-electron chi connectivity index (χ2n) is 6.59. The molecule has 164 valence electrons. The Morgan fingerprint density at radius 2 is 1.90 bits per heavy atom. The van der Waals surface area contributed by atoms with E-state index in [9.17, 15) is 14.4 Å². The van der Waals surface area contributed by atoms with Crippen LogP contribution in [-0.2, 0) is 14.3 Å². The molecule has 9 nitrogen and oxygen atoms in total. The Labute approximate surface area is 175 Å². The van der Waals surface area contributed by atoms with Crippen molar-refractivity contribution in [1.29, 1.82) is 0 Å². The number of ether oxygens (including phenoxy) is 4. The summed E-state index contributed by atoms with van der Waals surface area (Å²) in [6, 6.07) is 3.06. The van der Waals surface area contributed by atoms with Gasteiger partial charge in [0.2, 0.25) is 0 Å². The lowest BCUT2D eigenvalue weighted by Crippen LogP contribution is -2.29. The molecular formula is C21H28N2O7. The van der Waals surface area contributed by atoms with Gasteiger partial charge in [0.15, 0.2) is 11.5 Å². The van der Waals surface area contributed by atoms with Crippen molar-refractivity contribution in [2.75, 3.05) is 45.8 Å². The highest BCUT2D eigenvalue weighted by Gasteiger charge is 2.25. The summed E-state index contributed by atoms with van der Waals surface area (Å²) >= 11 is 0. The van der Waals surface area contributed by atoms with Crippen LogP contribution in [0.5, 0.6) is 11.5 Å². The van der Waals surface area contributed by atoms with E-state index in [1.165, 1.54) is 26.4 Å². The fourth-order valence-electron chi connectivity index (χ4n) is 2.98. The van der Waals surface area contributed by atoms with Crippen molar-refractivity contribution >= 4 is 23.7 Å². The van der Waals surface area contributed by atoms with Gasteiger partial charge in [-0.05, 0) is 25.3 Å². The van der Waals surface area contributed by atoms with E-state index < -0.39 is 6.09 Å². The number of amides is 2. The van der Waals surface area contributed by atoms with E-state index in [0.29, 0.717) is 31.0 Å². The van der Waals surface area contributed by atoms with Gasteiger partial charge in [0, 0.05) is 25.6 Å². The van der Waals surface area contributed by atoms with Gasteiger partial charge in [-0.3, -0.25) is 14.9 Å². The van der Waals surface area contributed by atoms with Crippen LogP contribution in [0.4, 0.5) is 10.5 Å². The number of hydrogen-bond donors (Lipinski definition) is 1. The number of benzene rings is 1. The van der Waals surface area contributed by atoms with Crippen molar-refractivity contribution in [3.8, 4) is 11.5 Å². The molecule has 1 N–H and O–H groups in total. The minimum absolute atomic E-state index is 0.0360. The average Bonchev–Trinajstić information content (AvgIpc) is 3.29. The van der Waals surface area contributed by atoms with E-state index in [4.69, 9.17) is 14.2 Å².